The zero-order valence-electron chi connectivity index (χ0n) is 20.3. The highest BCUT2D eigenvalue weighted by atomic mass is 35.5. The number of aromatic nitrogens is 3. The van der Waals surface area contributed by atoms with Crippen LogP contribution in [0.1, 0.15) is 53.2 Å². The van der Waals surface area contributed by atoms with Gasteiger partial charge in [-0.3, -0.25) is 4.79 Å². The Morgan fingerprint density at radius 1 is 1.08 bits per heavy atom. The van der Waals surface area contributed by atoms with E-state index in [1.165, 1.54) is 29.1 Å². The number of halogens is 2. The summed E-state index contributed by atoms with van der Waals surface area (Å²) in [5.41, 5.74) is 2.91. The van der Waals surface area contributed by atoms with E-state index in [0.717, 1.165) is 36.9 Å². The Bertz CT molecular complexity index is 1480. The third-order valence-corrected chi connectivity index (χ3v) is 6.90. The van der Waals surface area contributed by atoms with Crippen LogP contribution in [0.5, 0.6) is 5.75 Å². The van der Waals surface area contributed by atoms with Crippen molar-refractivity contribution in [1.82, 2.24) is 20.1 Å². The molecule has 2 aromatic heterocycles. The SMILES string of the molecule is O=C(Nc1ccc(O)c(-c2cc(C3CCCC3)n(C(=O)NCc3ccc(F)cc3)n2)c1)c1cccnc1Cl. The van der Waals surface area contributed by atoms with E-state index in [-0.39, 0.29) is 34.7 Å². The van der Waals surface area contributed by atoms with Crippen LogP contribution in [0.25, 0.3) is 11.3 Å². The van der Waals surface area contributed by atoms with Crippen LogP contribution in [0.15, 0.2) is 66.9 Å². The highest BCUT2D eigenvalue weighted by molar-refractivity contribution is 6.33. The van der Waals surface area contributed by atoms with Gasteiger partial charge in [0.2, 0.25) is 0 Å². The Kier molecular flexibility index (Phi) is 7.37. The van der Waals surface area contributed by atoms with E-state index >= 15 is 0 Å². The number of benzene rings is 2. The van der Waals surface area contributed by atoms with E-state index in [2.05, 4.69) is 20.7 Å². The predicted molar refractivity (Wildman–Crippen MR) is 142 cm³/mol. The smallest absolute Gasteiger partial charge is 0.342 e. The molecule has 10 heteroatoms. The normalized spacial score (nSPS) is 13.4. The maximum absolute atomic E-state index is 13.2. The average Bonchev–Trinajstić information content (AvgIpc) is 3.60. The van der Waals surface area contributed by atoms with Crippen molar-refractivity contribution in [3.8, 4) is 17.0 Å². The standard InChI is InChI=1S/C28H25ClFN5O3/c29-26-21(6-3-13-31-26)27(37)33-20-11-12-25(36)22(14-20)23-15-24(18-4-1-2-5-18)35(34-23)28(38)32-16-17-7-9-19(30)10-8-17/h3,6-15,18,36H,1-2,4-5,16H2,(H,32,38)(H,33,37). The van der Waals surface area contributed by atoms with Crippen molar-refractivity contribution < 1.29 is 19.1 Å². The molecular formula is C28H25ClFN5O3. The number of pyridine rings is 1. The Morgan fingerprint density at radius 3 is 2.58 bits per heavy atom. The summed E-state index contributed by atoms with van der Waals surface area (Å²) in [5, 5.41) is 20.9. The van der Waals surface area contributed by atoms with E-state index in [1.807, 2.05) is 6.07 Å². The highest BCUT2D eigenvalue weighted by Gasteiger charge is 2.26. The average molecular weight is 534 g/mol. The Balaban J connectivity index is 1.42. The molecule has 8 nitrogen and oxygen atoms in total. The van der Waals surface area contributed by atoms with Gasteiger partial charge < -0.3 is 15.7 Å². The Hall–Kier alpha value is -4.24. The summed E-state index contributed by atoms with van der Waals surface area (Å²) in [6, 6.07) is 15.1. The van der Waals surface area contributed by atoms with Gasteiger partial charge in [-0.2, -0.15) is 9.78 Å². The summed E-state index contributed by atoms with van der Waals surface area (Å²) in [6.07, 6.45) is 5.48. The summed E-state index contributed by atoms with van der Waals surface area (Å²) >= 11 is 6.04. The monoisotopic (exact) mass is 533 g/mol. The molecule has 1 saturated carbocycles. The second kappa shape index (κ2) is 11.0. The van der Waals surface area contributed by atoms with Crippen molar-refractivity contribution in [2.45, 2.75) is 38.1 Å². The van der Waals surface area contributed by atoms with E-state index in [0.29, 0.717) is 16.9 Å². The Morgan fingerprint density at radius 2 is 1.84 bits per heavy atom. The van der Waals surface area contributed by atoms with Crippen LogP contribution in [0.4, 0.5) is 14.9 Å². The maximum atomic E-state index is 13.2. The molecule has 0 atom stereocenters. The van der Waals surface area contributed by atoms with Crippen LogP contribution in [-0.2, 0) is 6.54 Å². The van der Waals surface area contributed by atoms with Crippen LogP contribution in [-0.4, -0.2) is 31.8 Å². The number of phenols is 1. The lowest BCUT2D eigenvalue weighted by atomic mass is 10.0. The first-order chi connectivity index (χ1) is 18.4. The van der Waals surface area contributed by atoms with Gasteiger partial charge in [0, 0.05) is 29.9 Å². The largest absolute Gasteiger partial charge is 0.507 e. The molecule has 0 saturated heterocycles. The molecule has 0 aliphatic heterocycles. The number of nitrogens with one attached hydrogen (secondary N) is 2. The molecule has 4 aromatic rings. The molecule has 5 rings (SSSR count). The second-order valence-corrected chi connectivity index (χ2v) is 9.52. The predicted octanol–water partition coefficient (Wildman–Crippen LogP) is 6.11. The topological polar surface area (TPSA) is 109 Å². The van der Waals surface area contributed by atoms with Gasteiger partial charge in [-0.05, 0) is 66.9 Å². The molecule has 194 valence electrons. The zero-order chi connectivity index (χ0) is 26.6. The fourth-order valence-corrected chi connectivity index (χ4v) is 4.83. The van der Waals surface area contributed by atoms with Gasteiger partial charge in [-0.25, -0.2) is 14.2 Å². The molecule has 1 aliphatic rings. The quantitative estimate of drug-likeness (QED) is 0.204. The maximum Gasteiger partial charge on any atom is 0.342 e. The molecule has 1 aliphatic carbocycles. The Labute approximate surface area is 223 Å². The van der Waals surface area contributed by atoms with E-state index < -0.39 is 11.9 Å². The number of anilines is 1. The number of carbonyl (C=O) groups is 2. The van der Waals surface area contributed by atoms with E-state index in [4.69, 9.17) is 11.6 Å². The number of rotatable bonds is 6. The minimum atomic E-state index is -0.447. The summed E-state index contributed by atoms with van der Waals surface area (Å²) in [5.74, 6) is -0.679. The van der Waals surface area contributed by atoms with Crippen molar-refractivity contribution in [2.75, 3.05) is 5.32 Å². The van der Waals surface area contributed by atoms with Crippen molar-refractivity contribution in [2.24, 2.45) is 0 Å². The number of hydrogen-bond acceptors (Lipinski definition) is 5. The van der Waals surface area contributed by atoms with Crippen LogP contribution in [0, 0.1) is 5.82 Å². The fraction of sp³-hybridized carbons (Fsp3) is 0.214. The van der Waals surface area contributed by atoms with Gasteiger partial charge in [-0.15, -0.1) is 0 Å². The lowest BCUT2D eigenvalue weighted by molar-refractivity contribution is 0.102. The lowest BCUT2D eigenvalue weighted by Gasteiger charge is -2.12. The van der Waals surface area contributed by atoms with Crippen LogP contribution in [0.2, 0.25) is 5.15 Å². The van der Waals surface area contributed by atoms with E-state index in [9.17, 15) is 19.1 Å². The molecule has 1 fully saturated rings. The van der Waals surface area contributed by atoms with Crippen molar-refractivity contribution in [3.05, 3.63) is 94.7 Å². The molecule has 3 N–H and O–H groups in total. The second-order valence-electron chi connectivity index (χ2n) is 9.16. The van der Waals surface area contributed by atoms with Gasteiger partial charge in [0.1, 0.15) is 16.7 Å². The number of amides is 2. The molecule has 38 heavy (non-hydrogen) atoms. The summed E-state index contributed by atoms with van der Waals surface area (Å²) in [6.45, 7) is 0.210. The molecule has 2 heterocycles. The highest BCUT2D eigenvalue weighted by Crippen LogP contribution is 2.38. The minimum absolute atomic E-state index is 0.0447. The van der Waals surface area contributed by atoms with Gasteiger partial charge in [0.15, 0.2) is 0 Å². The minimum Gasteiger partial charge on any atom is -0.507 e. The third-order valence-electron chi connectivity index (χ3n) is 6.59. The third kappa shape index (κ3) is 5.52. The van der Waals surface area contributed by atoms with Gasteiger partial charge in [0.05, 0.1) is 17.0 Å². The van der Waals surface area contributed by atoms with Gasteiger partial charge in [-0.1, -0.05) is 36.6 Å². The van der Waals surface area contributed by atoms with Crippen molar-refractivity contribution in [1.29, 1.82) is 0 Å². The zero-order valence-corrected chi connectivity index (χ0v) is 21.1. The van der Waals surface area contributed by atoms with Gasteiger partial charge in [0.25, 0.3) is 5.91 Å². The fourth-order valence-electron chi connectivity index (χ4n) is 4.63. The molecule has 0 radical (unpaired) electrons. The molecule has 0 spiro atoms. The van der Waals surface area contributed by atoms with Crippen LogP contribution in [0.3, 0.4) is 0 Å². The molecule has 2 amide bonds. The van der Waals surface area contributed by atoms with Crippen molar-refractivity contribution >= 4 is 29.2 Å². The number of carbonyl (C=O) groups excluding carboxylic acids is 2. The first-order valence-electron chi connectivity index (χ1n) is 12.3. The lowest BCUT2D eigenvalue weighted by Crippen LogP contribution is -2.30. The van der Waals surface area contributed by atoms with E-state index in [1.54, 1.807) is 36.4 Å². The molecule has 2 aromatic carbocycles. The molecule has 0 bridgehead atoms. The summed E-state index contributed by atoms with van der Waals surface area (Å²) < 4.78 is 14.6. The summed E-state index contributed by atoms with van der Waals surface area (Å²) in [4.78, 5) is 29.8. The first-order valence-corrected chi connectivity index (χ1v) is 12.6. The van der Waals surface area contributed by atoms with Gasteiger partial charge >= 0.3 is 6.03 Å². The van der Waals surface area contributed by atoms with Crippen LogP contribution >= 0.6 is 11.6 Å². The number of nitrogens with zero attached hydrogens (tertiary/aromatic N) is 3. The summed E-state index contributed by atoms with van der Waals surface area (Å²) in [7, 11) is 0. The van der Waals surface area contributed by atoms with Crippen molar-refractivity contribution in [3.63, 3.8) is 0 Å². The number of hydrogen-bond donors (Lipinski definition) is 3. The van der Waals surface area contributed by atoms with Crippen LogP contribution < -0.4 is 10.6 Å². The molecule has 0 unspecified atom stereocenters. The first kappa shape index (κ1) is 25.4. The number of phenolic OH excluding ortho intramolecular Hbond substituents is 1. The number of aromatic hydroxyl groups is 1. The molecular weight excluding hydrogens is 509 g/mol.